The Morgan fingerprint density at radius 2 is 0.520 bits per heavy atom. The predicted octanol–water partition coefficient (Wildman–Crippen LogP) is 23.4. The summed E-state index contributed by atoms with van der Waals surface area (Å²) >= 11 is 0. The van der Waals surface area contributed by atoms with Gasteiger partial charge >= 0.3 is 39.5 Å². The Morgan fingerprint density at radius 3 is 0.776 bits per heavy atom. The fourth-order valence-electron chi connectivity index (χ4n) is 12.1. The van der Waals surface area contributed by atoms with Crippen molar-refractivity contribution in [1.82, 2.24) is 0 Å². The SMILES string of the molecule is CCCCCCCCCCC(=O)OC[C@H](COP(=O)(O)OC[C@H](O)COP(=O)(O)OC[C@@H](COC(=O)CCCCCCCCCCCCCCCCC(C)CC)OC(=O)CCCCCCCCCCCCCCCCCCCCC(C)CC)OC(=O)CCCCCCCCCC(C)C. The van der Waals surface area contributed by atoms with Crippen molar-refractivity contribution in [3.8, 4) is 0 Å². The van der Waals surface area contributed by atoms with E-state index < -0.39 is 97.5 Å². The lowest BCUT2D eigenvalue weighted by molar-refractivity contribution is -0.161. The van der Waals surface area contributed by atoms with Gasteiger partial charge in [-0.2, -0.15) is 0 Å². The maximum atomic E-state index is 13.1. The van der Waals surface area contributed by atoms with Gasteiger partial charge in [-0.1, -0.05) is 357 Å². The Morgan fingerprint density at radius 1 is 0.296 bits per heavy atom. The van der Waals surface area contributed by atoms with Gasteiger partial charge in [-0.25, -0.2) is 9.13 Å². The van der Waals surface area contributed by atoms with E-state index in [0.717, 1.165) is 108 Å². The normalized spacial score (nSPS) is 14.6. The fourth-order valence-corrected chi connectivity index (χ4v) is 13.6. The molecule has 582 valence electrons. The number of rotatable bonds is 77. The van der Waals surface area contributed by atoms with Crippen LogP contribution in [0.4, 0.5) is 0 Å². The summed E-state index contributed by atoms with van der Waals surface area (Å²) in [6.45, 7) is 11.9. The lowest BCUT2D eigenvalue weighted by Gasteiger charge is -2.21. The molecular weight excluding hydrogens is 1280 g/mol. The van der Waals surface area contributed by atoms with Crippen molar-refractivity contribution >= 4 is 39.5 Å². The van der Waals surface area contributed by atoms with Gasteiger partial charge in [0.1, 0.15) is 19.3 Å². The second-order valence-electron chi connectivity index (χ2n) is 29.4. The highest BCUT2D eigenvalue weighted by Crippen LogP contribution is 2.45. The van der Waals surface area contributed by atoms with Crippen LogP contribution in [0.1, 0.15) is 408 Å². The molecule has 0 aromatic heterocycles. The standard InChI is InChI=1S/C79H154O17P2/c1-8-11-12-13-14-39-46-53-60-76(81)89-66-75(96-79(84)63-56-49-42-35-36-43-50-57-70(4)5)69-94-98(87,88)92-65-73(80)64-91-97(85,86)93-68-74(67-90-77(82)61-54-47-40-33-29-25-22-21-24-28-32-38-45-52-59-72(7)10-3)95-78(83)62-55-48-41-34-30-26-20-18-16-15-17-19-23-27-31-37-44-51-58-71(6)9-2/h70-75,80H,8-69H2,1-7H3,(H,85,86)(H,87,88)/t71?,72?,73-,74-,75-/m1/s1. The van der Waals surface area contributed by atoms with E-state index in [1.54, 1.807) is 0 Å². The first-order valence-corrected chi connectivity index (χ1v) is 43.9. The number of ether oxygens (including phenoxy) is 4. The van der Waals surface area contributed by atoms with Crippen LogP contribution in [0.2, 0.25) is 0 Å². The molecule has 0 amide bonds. The van der Waals surface area contributed by atoms with E-state index in [2.05, 4.69) is 48.5 Å². The molecule has 0 rings (SSSR count). The van der Waals surface area contributed by atoms with E-state index in [9.17, 15) is 43.2 Å². The Bertz CT molecular complexity index is 1910. The summed E-state index contributed by atoms with van der Waals surface area (Å²) in [5.41, 5.74) is 0. The number of aliphatic hydroxyl groups excluding tert-OH is 1. The number of hydrogen-bond donors (Lipinski definition) is 3. The first kappa shape index (κ1) is 96.1. The minimum atomic E-state index is -4.96. The Labute approximate surface area is 600 Å². The fraction of sp³-hybridized carbons (Fsp3) is 0.949. The van der Waals surface area contributed by atoms with Crippen molar-refractivity contribution in [3.63, 3.8) is 0 Å². The molecule has 0 saturated heterocycles. The highest BCUT2D eigenvalue weighted by molar-refractivity contribution is 7.47. The van der Waals surface area contributed by atoms with E-state index >= 15 is 0 Å². The van der Waals surface area contributed by atoms with Gasteiger partial charge in [0.05, 0.1) is 26.4 Å². The second-order valence-corrected chi connectivity index (χ2v) is 32.3. The summed E-state index contributed by atoms with van der Waals surface area (Å²) < 4.78 is 68.5. The molecule has 7 atom stereocenters. The van der Waals surface area contributed by atoms with E-state index in [1.165, 1.54) is 212 Å². The molecule has 98 heavy (non-hydrogen) atoms. The van der Waals surface area contributed by atoms with Gasteiger partial charge in [0.25, 0.3) is 0 Å². The summed E-state index contributed by atoms with van der Waals surface area (Å²) in [6, 6.07) is 0. The minimum absolute atomic E-state index is 0.103. The highest BCUT2D eigenvalue weighted by atomic mass is 31.2. The molecule has 0 radical (unpaired) electrons. The molecule has 19 heteroatoms. The average Bonchev–Trinajstić information content (AvgIpc) is 0.942. The summed E-state index contributed by atoms with van der Waals surface area (Å²) in [5.74, 6) is 0.297. The van der Waals surface area contributed by atoms with Gasteiger partial charge in [-0.05, 0) is 43.4 Å². The first-order chi connectivity index (χ1) is 47.3. The zero-order valence-electron chi connectivity index (χ0n) is 64.3. The van der Waals surface area contributed by atoms with Crippen LogP contribution in [0.15, 0.2) is 0 Å². The number of phosphoric ester groups is 2. The third-order valence-corrected chi connectivity index (χ3v) is 21.0. The summed E-state index contributed by atoms with van der Waals surface area (Å²) in [4.78, 5) is 72.8. The van der Waals surface area contributed by atoms with Gasteiger partial charge in [0.2, 0.25) is 0 Å². The van der Waals surface area contributed by atoms with E-state index in [1.807, 2.05) is 0 Å². The van der Waals surface area contributed by atoms with Crippen molar-refractivity contribution in [2.75, 3.05) is 39.6 Å². The number of phosphoric acid groups is 2. The highest BCUT2D eigenvalue weighted by Gasteiger charge is 2.30. The van der Waals surface area contributed by atoms with Crippen molar-refractivity contribution in [2.45, 2.75) is 426 Å². The summed E-state index contributed by atoms with van der Waals surface area (Å²) in [7, 11) is -9.91. The maximum absolute atomic E-state index is 13.1. The number of carbonyl (C=O) groups is 4. The zero-order chi connectivity index (χ0) is 72.3. The smallest absolute Gasteiger partial charge is 0.462 e. The average molecular weight is 1440 g/mol. The Balaban J connectivity index is 5.17. The molecule has 0 fully saturated rings. The lowest BCUT2D eigenvalue weighted by atomic mass is 9.99. The molecule has 0 bridgehead atoms. The van der Waals surface area contributed by atoms with Gasteiger partial charge in [-0.15, -0.1) is 0 Å². The lowest BCUT2D eigenvalue weighted by Crippen LogP contribution is -2.30. The second kappa shape index (κ2) is 69.4. The maximum Gasteiger partial charge on any atom is 0.472 e. The largest absolute Gasteiger partial charge is 0.472 e. The molecule has 0 aromatic rings. The first-order valence-electron chi connectivity index (χ1n) is 40.9. The topological polar surface area (TPSA) is 237 Å². The molecule has 0 aromatic carbocycles. The van der Waals surface area contributed by atoms with Crippen LogP contribution in [0.3, 0.4) is 0 Å². The van der Waals surface area contributed by atoms with Gasteiger partial charge < -0.3 is 33.8 Å². The van der Waals surface area contributed by atoms with Gasteiger partial charge in [-0.3, -0.25) is 37.3 Å². The molecular formula is C79H154O17P2. The molecule has 4 unspecified atom stereocenters. The van der Waals surface area contributed by atoms with Crippen LogP contribution in [0, 0.1) is 17.8 Å². The number of carbonyl (C=O) groups excluding carboxylic acids is 4. The zero-order valence-corrected chi connectivity index (χ0v) is 66.0. The van der Waals surface area contributed by atoms with Crippen molar-refractivity contribution in [3.05, 3.63) is 0 Å². The molecule has 0 aliphatic carbocycles. The minimum Gasteiger partial charge on any atom is -0.462 e. The molecule has 0 aliphatic heterocycles. The number of esters is 4. The van der Waals surface area contributed by atoms with Crippen molar-refractivity contribution in [1.29, 1.82) is 0 Å². The molecule has 0 aliphatic rings. The van der Waals surface area contributed by atoms with Crippen LogP contribution < -0.4 is 0 Å². The van der Waals surface area contributed by atoms with Crippen molar-refractivity contribution < 1.29 is 80.2 Å². The Hall–Kier alpha value is -1.94. The molecule has 3 N–H and O–H groups in total. The summed E-state index contributed by atoms with van der Waals surface area (Å²) in [6.07, 6.45) is 57.1. The number of hydrogen-bond acceptors (Lipinski definition) is 15. The number of unbranched alkanes of at least 4 members (excludes halogenated alkanes) is 43. The molecule has 0 spiro atoms. The van der Waals surface area contributed by atoms with E-state index in [0.29, 0.717) is 31.6 Å². The number of aliphatic hydroxyl groups is 1. The molecule has 0 saturated carbocycles. The third kappa shape index (κ3) is 69.8. The van der Waals surface area contributed by atoms with Crippen LogP contribution in [0.25, 0.3) is 0 Å². The monoisotopic (exact) mass is 1440 g/mol. The van der Waals surface area contributed by atoms with E-state index in [-0.39, 0.29) is 25.7 Å². The predicted molar refractivity (Wildman–Crippen MR) is 400 cm³/mol. The van der Waals surface area contributed by atoms with Crippen LogP contribution in [0.5, 0.6) is 0 Å². The molecule has 17 nitrogen and oxygen atoms in total. The Kier molecular flexibility index (Phi) is 68.1. The molecule has 0 heterocycles. The van der Waals surface area contributed by atoms with E-state index in [4.69, 9.17) is 37.0 Å². The van der Waals surface area contributed by atoms with Crippen LogP contribution in [-0.2, 0) is 65.4 Å². The van der Waals surface area contributed by atoms with Crippen LogP contribution >= 0.6 is 15.6 Å². The van der Waals surface area contributed by atoms with Crippen molar-refractivity contribution in [2.24, 2.45) is 17.8 Å². The van der Waals surface area contributed by atoms with Gasteiger partial charge in [0.15, 0.2) is 12.2 Å². The van der Waals surface area contributed by atoms with Crippen LogP contribution in [-0.4, -0.2) is 96.7 Å². The quantitative estimate of drug-likeness (QED) is 0.0222. The van der Waals surface area contributed by atoms with Gasteiger partial charge in [0, 0.05) is 25.7 Å². The summed E-state index contributed by atoms with van der Waals surface area (Å²) in [5, 5.41) is 10.6. The third-order valence-electron chi connectivity index (χ3n) is 19.1.